The van der Waals surface area contributed by atoms with Gasteiger partial charge in [0.1, 0.15) is 5.84 Å². The van der Waals surface area contributed by atoms with E-state index in [1.807, 2.05) is 6.92 Å². The van der Waals surface area contributed by atoms with Crippen molar-refractivity contribution in [1.29, 1.82) is 0 Å². The molecule has 1 aliphatic rings. The molecule has 0 atom stereocenters. The highest BCUT2D eigenvalue weighted by Gasteiger charge is 2.10. The van der Waals surface area contributed by atoms with Crippen molar-refractivity contribution < 1.29 is 4.79 Å². The van der Waals surface area contributed by atoms with Crippen molar-refractivity contribution >= 4 is 18.6 Å². The molecule has 4 N–H and O–H groups in total. The van der Waals surface area contributed by atoms with Crippen LogP contribution in [0.3, 0.4) is 0 Å². The Kier molecular flexibility index (Phi) is 11.2. The van der Waals surface area contributed by atoms with Gasteiger partial charge in [-0.1, -0.05) is 44.0 Å². The number of hydrogen-bond acceptors (Lipinski definition) is 4. The number of allylic oxidation sites excluding steroid dienone is 1. The molecule has 0 saturated carbocycles. The fraction of sp³-hybridized carbons (Fsp3) is 0.480. The molecule has 0 radical (unpaired) electrons. The number of unbranched alkanes of at least 4 members (excludes halogenated alkanes) is 1. The Morgan fingerprint density at radius 1 is 1.16 bits per heavy atom. The summed E-state index contributed by atoms with van der Waals surface area (Å²) in [5.74, 6) is 0.436. The largest absolute Gasteiger partial charge is 0.390 e. The van der Waals surface area contributed by atoms with Gasteiger partial charge in [-0.3, -0.25) is 14.7 Å². The van der Waals surface area contributed by atoms with Gasteiger partial charge in [0, 0.05) is 31.4 Å². The van der Waals surface area contributed by atoms with Crippen LogP contribution in [0.15, 0.2) is 57.8 Å². The van der Waals surface area contributed by atoms with Gasteiger partial charge in [0.15, 0.2) is 0 Å². The number of amides is 1. The highest BCUT2D eigenvalue weighted by Crippen LogP contribution is 2.15. The average Bonchev–Trinajstić information content (AvgIpc) is 2.82. The quantitative estimate of drug-likeness (QED) is 0.171. The molecule has 0 unspecified atom stereocenters. The van der Waals surface area contributed by atoms with Gasteiger partial charge in [-0.15, -0.1) is 0 Å². The summed E-state index contributed by atoms with van der Waals surface area (Å²) in [4.78, 5) is 24.3. The molecule has 0 spiro atoms. The molecule has 0 aliphatic carbocycles. The minimum absolute atomic E-state index is 0.436. The number of rotatable bonds is 12. The molecule has 1 heterocycles. The number of nitrogens with two attached hydrogens (primary N) is 2. The van der Waals surface area contributed by atoms with Crippen LogP contribution in [0.25, 0.3) is 0 Å². The number of carbonyl (C=O) groups excluding carboxylic acids is 1. The SMILES string of the molecule is CCCCN=C(N)/C(C)=C(/C=C\N(C=O)Cc1ccc(CN2CCCCC2)cc1)N=CN. The number of aliphatic imine (C=N–C) groups is 2. The first kappa shape index (κ1) is 25.3. The van der Waals surface area contributed by atoms with E-state index in [0.29, 0.717) is 24.6 Å². The molecule has 0 aromatic heterocycles. The Balaban J connectivity index is 2.03. The molecule has 2 rings (SSSR count). The summed E-state index contributed by atoms with van der Waals surface area (Å²) in [5, 5.41) is 0. The zero-order chi connectivity index (χ0) is 23.2. The fourth-order valence-electron chi connectivity index (χ4n) is 3.58. The number of piperidine rings is 1. The third-order valence-electron chi connectivity index (χ3n) is 5.58. The predicted octanol–water partition coefficient (Wildman–Crippen LogP) is 3.56. The Morgan fingerprint density at radius 2 is 1.84 bits per heavy atom. The van der Waals surface area contributed by atoms with Crippen molar-refractivity contribution in [3.05, 3.63) is 58.9 Å². The average molecular weight is 439 g/mol. The van der Waals surface area contributed by atoms with E-state index in [0.717, 1.165) is 36.9 Å². The van der Waals surface area contributed by atoms with Gasteiger partial charge in [-0.05, 0) is 56.5 Å². The minimum atomic E-state index is 0.436. The smallest absolute Gasteiger partial charge is 0.213 e. The molecule has 7 heteroatoms. The van der Waals surface area contributed by atoms with Crippen LogP contribution in [0.5, 0.6) is 0 Å². The topological polar surface area (TPSA) is 100 Å². The summed E-state index contributed by atoms with van der Waals surface area (Å²) in [6.07, 6.45) is 11.4. The first-order valence-corrected chi connectivity index (χ1v) is 11.5. The Morgan fingerprint density at radius 3 is 2.47 bits per heavy atom. The van der Waals surface area contributed by atoms with Crippen LogP contribution in [-0.4, -0.2) is 48.0 Å². The third kappa shape index (κ3) is 8.67. The van der Waals surface area contributed by atoms with Crippen molar-refractivity contribution in [1.82, 2.24) is 9.80 Å². The van der Waals surface area contributed by atoms with Crippen LogP contribution in [0.2, 0.25) is 0 Å². The first-order chi connectivity index (χ1) is 15.6. The van der Waals surface area contributed by atoms with E-state index in [9.17, 15) is 4.79 Å². The summed E-state index contributed by atoms with van der Waals surface area (Å²) in [5.41, 5.74) is 15.3. The molecule has 1 aromatic carbocycles. The fourth-order valence-corrected chi connectivity index (χ4v) is 3.58. The summed E-state index contributed by atoms with van der Waals surface area (Å²) in [6.45, 7) is 8.46. The van der Waals surface area contributed by atoms with E-state index >= 15 is 0 Å². The minimum Gasteiger partial charge on any atom is -0.390 e. The lowest BCUT2D eigenvalue weighted by Crippen LogP contribution is -2.29. The predicted molar refractivity (Wildman–Crippen MR) is 133 cm³/mol. The second-order valence-corrected chi connectivity index (χ2v) is 8.16. The number of benzene rings is 1. The normalized spacial score (nSPS) is 16.5. The van der Waals surface area contributed by atoms with E-state index in [1.165, 1.54) is 44.3 Å². The first-order valence-electron chi connectivity index (χ1n) is 11.5. The molecule has 0 bridgehead atoms. The maximum atomic E-state index is 11.6. The molecule has 7 nitrogen and oxygen atoms in total. The van der Waals surface area contributed by atoms with Crippen LogP contribution in [-0.2, 0) is 17.9 Å². The van der Waals surface area contributed by atoms with Crippen molar-refractivity contribution in [2.24, 2.45) is 21.5 Å². The Bertz CT molecular complexity index is 819. The lowest BCUT2D eigenvalue weighted by Gasteiger charge is -2.26. The van der Waals surface area contributed by atoms with E-state index in [4.69, 9.17) is 11.5 Å². The number of hydrogen-bond donors (Lipinski definition) is 2. The van der Waals surface area contributed by atoms with Gasteiger partial charge in [-0.2, -0.15) is 0 Å². The molecule has 1 amide bonds. The number of nitrogens with zero attached hydrogens (tertiary/aromatic N) is 4. The van der Waals surface area contributed by atoms with Gasteiger partial charge in [0.2, 0.25) is 6.41 Å². The summed E-state index contributed by atoms with van der Waals surface area (Å²) in [6, 6.07) is 8.47. The Hall–Kier alpha value is -2.93. The van der Waals surface area contributed by atoms with Crippen molar-refractivity contribution in [2.45, 2.75) is 59.0 Å². The van der Waals surface area contributed by atoms with Crippen LogP contribution in [0.1, 0.15) is 57.1 Å². The zero-order valence-electron chi connectivity index (χ0n) is 19.5. The van der Waals surface area contributed by atoms with Gasteiger partial charge < -0.3 is 16.4 Å². The van der Waals surface area contributed by atoms with Gasteiger partial charge in [0.05, 0.1) is 12.0 Å². The summed E-state index contributed by atoms with van der Waals surface area (Å²) < 4.78 is 0. The summed E-state index contributed by atoms with van der Waals surface area (Å²) in [7, 11) is 0. The standard InChI is InChI=1S/C25H38N6O/c1-3-4-13-28-25(27)21(2)24(29-19-26)12-16-31(20-32)18-23-10-8-22(9-11-23)17-30-14-6-5-7-15-30/h8-12,16,19-20H,3-7,13-15,17-18H2,1-2H3,(H2,26,29)(H2,27,28)/b16-12-,24-21-. The number of carbonyl (C=O) groups is 1. The molecule has 174 valence electrons. The molecule has 1 aliphatic heterocycles. The number of likely N-dealkylation sites (tertiary alicyclic amines) is 1. The second kappa shape index (κ2) is 14.2. The van der Waals surface area contributed by atoms with Gasteiger partial charge in [-0.25, -0.2) is 4.99 Å². The van der Waals surface area contributed by atoms with E-state index in [1.54, 1.807) is 17.2 Å². The molecular weight excluding hydrogens is 400 g/mol. The lowest BCUT2D eigenvalue weighted by molar-refractivity contribution is -0.116. The maximum absolute atomic E-state index is 11.6. The van der Waals surface area contributed by atoms with Gasteiger partial charge >= 0.3 is 0 Å². The third-order valence-corrected chi connectivity index (χ3v) is 5.58. The zero-order valence-corrected chi connectivity index (χ0v) is 19.5. The van der Waals surface area contributed by atoms with Crippen molar-refractivity contribution in [3.63, 3.8) is 0 Å². The highest BCUT2D eigenvalue weighted by atomic mass is 16.1. The lowest BCUT2D eigenvalue weighted by atomic mass is 10.1. The second-order valence-electron chi connectivity index (χ2n) is 8.16. The van der Waals surface area contributed by atoms with Crippen LogP contribution < -0.4 is 11.5 Å². The highest BCUT2D eigenvalue weighted by molar-refractivity contribution is 5.97. The molecule has 32 heavy (non-hydrogen) atoms. The maximum Gasteiger partial charge on any atom is 0.213 e. The van der Waals surface area contributed by atoms with Crippen LogP contribution >= 0.6 is 0 Å². The number of amidine groups is 1. The van der Waals surface area contributed by atoms with E-state index in [-0.39, 0.29) is 0 Å². The van der Waals surface area contributed by atoms with Crippen molar-refractivity contribution in [3.8, 4) is 0 Å². The van der Waals surface area contributed by atoms with Gasteiger partial charge in [0.25, 0.3) is 0 Å². The molecule has 1 saturated heterocycles. The monoisotopic (exact) mass is 438 g/mol. The van der Waals surface area contributed by atoms with E-state index in [2.05, 4.69) is 46.1 Å². The Labute approximate surface area is 192 Å². The summed E-state index contributed by atoms with van der Waals surface area (Å²) >= 11 is 0. The molecule has 1 aromatic rings. The van der Waals surface area contributed by atoms with Crippen LogP contribution in [0, 0.1) is 0 Å². The molecular formula is C25H38N6O. The van der Waals surface area contributed by atoms with Crippen molar-refractivity contribution in [2.75, 3.05) is 19.6 Å². The molecule has 1 fully saturated rings. The van der Waals surface area contributed by atoms with E-state index < -0.39 is 0 Å². The van der Waals surface area contributed by atoms with Crippen LogP contribution in [0.4, 0.5) is 0 Å².